The van der Waals surface area contributed by atoms with Crippen LogP contribution in [0.1, 0.15) is 10.4 Å². The molecular weight excluding hydrogens is 292 g/mol. The van der Waals surface area contributed by atoms with Gasteiger partial charge in [-0.2, -0.15) is 0 Å². The summed E-state index contributed by atoms with van der Waals surface area (Å²) in [5.74, 6) is -0.976. The van der Waals surface area contributed by atoms with Crippen molar-refractivity contribution in [2.24, 2.45) is 0 Å². The van der Waals surface area contributed by atoms with E-state index in [1.807, 2.05) is 6.07 Å². The number of benzene rings is 1. The van der Waals surface area contributed by atoms with E-state index in [1.165, 1.54) is 0 Å². The van der Waals surface area contributed by atoms with Gasteiger partial charge in [-0.15, -0.1) is 0 Å². The Morgan fingerprint density at radius 2 is 1.92 bits per heavy atom. The van der Waals surface area contributed by atoms with Crippen molar-refractivity contribution in [2.75, 3.05) is 5.32 Å². The summed E-state index contributed by atoms with van der Waals surface area (Å²) in [4.78, 5) is 22.0. The van der Waals surface area contributed by atoms with Crippen LogP contribution in [0.2, 0.25) is 0 Å². The van der Waals surface area contributed by atoms with Gasteiger partial charge in [-0.25, -0.2) is 0 Å². The van der Waals surface area contributed by atoms with E-state index in [2.05, 4.69) is 27.9 Å². The molecule has 0 aromatic heterocycles. The van der Waals surface area contributed by atoms with E-state index in [9.17, 15) is 9.59 Å². The van der Waals surface area contributed by atoms with Crippen molar-refractivity contribution in [1.29, 1.82) is 0 Å². The van der Waals surface area contributed by atoms with Gasteiger partial charge < -0.3 is 5.32 Å². The molecular formula is C8H5INNaO2. The van der Waals surface area contributed by atoms with Crippen molar-refractivity contribution >= 4 is 69.5 Å². The molecule has 1 aromatic rings. The summed E-state index contributed by atoms with van der Waals surface area (Å²) in [5, 5.41) is 2.48. The summed E-state index contributed by atoms with van der Waals surface area (Å²) < 4.78 is 0.955. The maximum absolute atomic E-state index is 11.1. The zero-order valence-electron chi connectivity index (χ0n) is 5.93. The number of Topliss-reactive ketones (excluding diaryl/α,β-unsaturated/α-hetero) is 1. The fraction of sp³-hybridized carbons (Fsp3) is 0. The molecule has 0 bridgehead atoms. The van der Waals surface area contributed by atoms with E-state index < -0.39 is 11.7 Å². The molecule has 62 valence electrons. The second kappa shape index (κ2) is 4.08. The molecule has 2 rings (SSSR count). The molecule has 0 saturated carbocycles. The molecule has 0 spiro atoms. The van der Waals surface area contributed by atoms with Gasteiger partial charge in [-0.3, -0.25) is 9.59 Å². The molecule has 0 aliphatic carbocycles. The Hall–Kier alpha value is 0.0900. The van der Waals surface area contributed by atoms with Gasteiger partial charge in [0.2, 0.25) is 0 Å². The average Bonchev–Trinajstić information content (AvgIpc) is 2.31. The zero-order chi connectivity index (χ0) is 8.72. The van der Waals surface area contributed by atoms with Crippen LogP contribution >= 0.6 is 22.6 Å². The first-order valence-electron chi connectivity index (χ1n) is 3.34. The molecule has 0 atom stereocenters. The third kappa shape index (κ3) is 1.96. The maximum atomic E-state index is 11.1. The molecule has 1 aliphatic heterocycles. The van der Waals surface area contributed by atoms with Crippen molar-refractivity contribution in [3.05, 3.63) is 27.3 Å². The number of fused-ring (bicyclic) bond motifs is 1. The summed E-state index contributed by atoms with van der Waals surface area (Å²) in [5.41, 5.74) is 1.09. The van der Waals surface area contributed by atoms with Gasteiger partial charge in [0.25, 0.3) is 11.7 Å². The number of anilines is 1. The van der Waals surface area contributed by atoms with Crippen molar-refractivity contribution in [1.82, 2.24) is 0 Å². The fourth-order valence-corrected chi connectivity index (χ4v) is 1.61. The van der Waals surface area contributed by atoms with E-state index in [1.54, 1.807) is 12.1 Å². The number of ketones is 1. The first-order valence-corrected chi connectivity index (χ1v) is 4.41. The summed E-state index contributed by atoms with van der Waals surface area (Å²) in [6.07, 6.45) is 0. The third-order valence-electron chi connectivity index (χ3n) is 1.68. The SMILES string of the molecule is O=C1Nc2ccc(I)cc2C1=O.[NaH]. The van der Waals surface area contributed by atoms with Crippen molar-refractivity contribution in [3.63, 3.8) is 0 Å². The van der Waals surface area contributed by atoms with Crippen LogP contribution in [0.4, 0.5) is 5.69 Å². The van der Waals surface area contributed by atoms with Crippen molar-refractivity contribution < 1.29 is 9.59 Å². The Labute approximate surface area is 111 Å². The number of hydrogen-bond donors (Lipinski definition) is 1. The van der Waals surface area contributed by atoms with Gasteiger partial charge >= 0.3 is 29.6 Å². The van der Waals surface area contributed by atoms with Crippen LogP contribution in [0, 0.1) is 3.57 Å². The number of amides is 1. The molecule has 0 saturated heterocycles. The second-order valence-corrected chi connectivity index (χ2v) is 3.72. The molecule has 5 heteroatoms. The van der Waals surface area contributed by atoms with E-state index >= 15 is 0 Å². The molecule has 1 aliphatic rings. The molecule has 1 amide bonds. The summed E-state index contributed by atoms with van der Waals surface area (Å²) >= 11 is 2.10. The quantitative estimate of drug-likeness (QED) is 0.437. The predicted molar refractivity (Wildman–Crippen MR) is 59.3 cm³/mol. The van der Waals surface area contributed by atoms with Gasteiger partial charge in [0.15, 0.2) is 0 Å². The summed E-state index contributed by atoms with van der Waals surface area (Å²) in [6.45, 7) is 0. The third-order valence-corrected chi connectivity index (χ3v) is 2.35. The monoisotopic (exact) mass is 297 g/mol. The van der Waals surface area contributed by atoms with Crippen LogP contribution in [0.15, 0.2) is 18.2 Å². The molecule has 0 radical (unpaired) electrons. The van der Waals surface area contributed by atoms with Gasteiger partial charge in [-0.05, 0) is 40.8 Å². The van der Waals surface area contributed by atoms with Gasteiger partial charge in [0.1, 0.15) is 0 Å². The molecule has 1 aromatic carbocycles. The molecule has 13 heavy (non-hydrogen) atoms. The molecule has 1 N–H and O–H groups in total. The zero-order valence-corrected chi connectivity index (χ0v) is 8.08. The summed E-state index contributed by atoms with van der Waals surface area (Å²) in [6, 6.07) is 5.29. The van der Waals surface area contributed by atoms with Crippen LogP contribution in [0.5, 0.6) is 0 Å². The number of nitrogens with one attached hydrogen (secondary N) is 1. The van der Waals surface area contributed by atoms with Gasteiger partial charge in [-0.1, -0.05) is 0 Å². The predicted octanol–water partition coefficient (Wildman–Crippen LogP) is 0.777. The van der Waals surface area contributed by atoms with Crippen LogP contribution in [0.3, 0.4) is 0 Å². The van der Waals surface area contributed by atoms with E-state index in [0.29, 0.717) is 11.3 Å². The van der Waals surface area contributed by atoms with E-state index in [0.717, 1.165) is 3.57 Å². The minimum atomic E-state index is -0.535. The van der Waals surface area contributed by atoms with Gasteiger partial charge in [0.05, 0.1) is 11.3 Å². The molecule has 1 heterocycles. The Morgan fingerprint density at radius 3 is 2.62 bits per heavy atom. The van der Waals surface area contributed by atoms with E-state index in [4.69, 9.17) is 0 Å². The van der Waals surface area contributed by atoms with Crippen molar-refractivity contribution in [3.8, 4) is 0 Å². The van der Waals surface area contributed by atoms with E-state index in [-0.39, 0.29) is 29.6 Å². The first kappa shape index (κ1) is 11.2. The molecule has 0 unspecified atom stereocenters. The number of halogens is 1. The Balaban J connectivity index is 0.000000845. The topological polar surface area (TPSA) is 46.2 Å². The molecule has 0 fully saturated rings. The normalized spacial score (nSPS) is 13.3. The number of rotatable bonds is 0. The summed E-state index contributed by atoms with van der Waals surface area (Å²) in [7, 11) is 0. The fourth-order valence-electron chi connectivity index (χ4n) is 1.11. The van der Waals surface area contributed by atoms with Crippen molar-refractivity contribution in [2.45, 2.75) is 0 Å². The van der Waals surface area contributed by atoms with Crippen LogP contribution in [-0.4, -0.2) is 41.2 Å². The van der Waals surface area contributed by atoms with Crippen LogP contribution in [-0.2, 0) is 4.79 Å². The first-order chi connectivity index (χ1) is 5.68. The minimum absolute atomic E-state index is 0. The number of hydrogen-bond acceptors (Lipinski definition) is 2. The van der Waals surface area contributed by atoms with Crippen LogP contribution in [0.25, 0.3) is 0 Å². The van der Waals surface area contributed by atoms with Gasteiger partial charge in [0, 0.05) is 3.57 Å². The van der Waals surface area contributed by atoms with Crippen LogP contribution < -0.4 is 5.32 Å². The Kier molecular flexibility index (Phi) is 3.50. The standard InChI is InChI=1S/C8H4INO2.Na.H/c9-4-1-2-6-5(3-4)7(11)8(12)10-6;;/h1-3H,(H,10,11,12);;. The number of carbonyl (C=O) groups is 2. The number of carbonyl (C=O) groups excluding carboxylic acids is 2. The second-order valence-electron chi connectivity index (χ2n) is 2.47. The Morgan fingerprint density at radius 1 is 1.23 bits per heavy atom. The molecule has 3 nitrogen and oxygen atoms in total. The Bertz CT molecular complexity index is 392. The average molecular weight is 297 g/mol.